The summed E-state index contributed by atoms with van der Waals surface area (Å²) in [7, 11) is 0. The van der Waals surface area contributed by atoms with Crippen LogP contribution in [0.25, 0.3) is 0 Å². The molecule has 0 bridgehead atoms. The Morgan fingerprint density at radius 1 is 0.522 bits per heavy atom. The number of unbranched alkanes of at least 4 members (excludes halogenated alkanes) is 30. The van der Waals surface area contributed by atoms with Crippen LogP contribution in [-0.4, -0.2) is 140 Å². The standard InChI is InChI=1S/C53H101NO13/c1-3-5-7-9-11-13-15-17-18-19-20-21-22-23-25-27-29-31-33-35-37-45(58)54-41(42(57)36-34-32-30-28-26-24-16-14-12-10-8-6-4-2)40-64-52-50(63)48(61)51(44(39-56)66-52)67-53-49(62)47(60)46(59)43(38-55)65-53/h34,36,41-44,46-53,55-57,59-63H,3-33,35,37-40H2,1-2H3,(H,54,58)/b36-34+. The molecule has 0 aromatic heterocycles. The first kappa shape index (κ1) is 61.8. The van der Waals surface area contributed by atoms with Crippen LogP contribution in [0.2, 0.25) is 0 Å². The minimum Gasteiger partial charge on any atom is -0.394 e. The van der Waals surface area contributed by atoms with E-state index < -0.39 is 86.8 Å². The number of allylic oxidation sites excluding steroid dienone is 1. The molecular formula is C53H101NO13. The number of ether oxygens (including phenoxy) is 4. The van der Waals surface area contributed by atoms with E-state index in [2.05, 4.69) is 19.2 Å². The van der Waals surface area contributed by atoms with E-state index in [-0.39, 0.29) is 18.9 Å². The van der Waals surface area contributed by atoms with E-state index >= 15 is 0 Å². The molecule has 2 saturated heterocycles. The van der Waals surface area contributed by atoms with Gasteiger partial charge in [-0.1, -0.05) is 212 Å². The second kappa shape index (κ2) is 40.3. The molecule has 14 nitrogen and oxygen atoms in total. The Morgan fingerprint density at radius 2 is 0.925 bits per heavy atom. The molecule has 12 atom stereocenters. The summed E-state index contributed by atoms with van der Waals surface area (Å²) in [6, 6.07) is -0.908. The maximum atomic E-state index is 13.2. The van der Waals surface area contributed by atoms with E-state index in [1.807, 2.05) is 6.08 Å². The zero-order valence-corrected chi connectivity index (χ0v) is 42.2. The van der Waals surface area contributed by atoms with Crippen molar-refractivity contribution in [2.24, 2.45) is 0 Å². The van der Waals surface area contributed by atoms with Crippen LogP contribution in [0, 0.1) is 0 Å². The summed E-state index contributed by atoms with van der Waals surface area (Å²) in [5.74, 6) is -0.236. The lowest BCUT2D eigenvalue weighted by molar-refractivity contribution is -0.359. The molecule has 14 heteroatoms. The molecule has 2 aliphatic heterocycles. The van der Waals surface area contributed by atoms with Crippen LogP contribution in [0.3, 0.4) is 0 Å². The number of nitrogens with one attached hydrogen (secondary N) is 1. The Kier molecular flexibility index (Phi) is 37.2. The summed E-state index contributed by atoms with van der Waals surface area (Å²) in [6.45, 7) is 2.80. The van der Waals surface area contributed by atoms with Gasteiger partial charge in [-0.3, -0.25) is 4.79 Å². The number of aliphatic hydroxyl groups excluding tert-OH is 8. The maximum Gasteiger partial charge on any atom is 0.220 e. The molecule has 12 unspecified atom stereocenters. The van der Waals surface area contributed by atoms with Crippen LogP contribution >= 0.6 is 0 Å². The summed E-state index contributed by atoms with van der Waals surface area (Å²) in [6.07, 6.45) is 26.8. The van der Waals surface area contributed by atoms with Gasteiger partial charge < -0.3 is 65.1 Å². The van der Waals surface area contributed by atoms with Gasteiger partial charge in [0, 0.05) is 6.42 Å². The molecule has 2 aliphatic rings. The lowest BCUT2D eigenvalue weighted by Gasteiger charge is -2.46. The maximum absolute atomic E-state index is 13.2. The van der Waals surface area contributed by atoms with E-state index in [1.54, 1.807) is 6.08 Å². The topological polar surface area (TPSA) is 228 Å². The van der Waals surface area contributed by atoms with E-state index in [9.17, 15) is 45.6 Å². The third-order valence-electron chi connectivity index (χ3n) is 13.7. The van der Waals surface area contributed by atoms with E-state index in [0.29, 0.717) is 6.42 Å². The van der Waals surface area contributed by atoms with Crippen LogP contribution in [0.15, 0.2) is 12.2 Å². The second-order valence-electron chi connectivity index (χ2n) is 19.7. The van der Waals surface area contributed by atoms with Crippen molar-refractivity contribution in [2.75, 3.05) is 19.8 Å². The van der Waals surface area contributed by atoms with E-state index in [4.69, 9.17) is 18.9 Å². The second-order valence-corrected chi connectivity index (χ2v) is 19.7. The Bertz CT molecular complexity index is 1180. The molecule has 0 aliphatic carbocycles. The summed E-state index contributed by atoms with van der Waals surface area (Å²) in [4.78, 5) is 13.2. The molecule has 0 aromatic rings. The summed E-state index contributed by atoms with van der Waals surface area (Å²) in [5, 5.41) is 86.8. The van der Waals surface area contributed by atoms with Gasteiger partial charge in [0.1, 0.15) is 48.8 Å². The average Bonchev–Trinajstić information content (AvgIpc) is 3.32. The number of rotatable bonds is 43. The fourth-order valence-corrected chi connectivity index (χ4v) is 9.23. The summed E-state index contributed by atoms with van der Waals surface area (Å²) < 4.78 is 22.7. The van der Waals surface area contributed by atoms with Crippen molar-refractivity contribution in [1.82, 2.24) is 5.32 Å². The van der Waals surface area contributed by atoms with Gasteiger partial charge in [-0.25, -0.2) is 0 Å². The molecule has 0 aromatic carbocycles. The first-order valence-electron chi connectivity index (χ1n) is 27.4. The first-order valence-corrected chi connectivity index (χ1v) is 27.4. The number of hydrogen-bond acceptors (Lipinski definition) is 13. The smallest absolute Gasteiger partial charge is 0.220 e. The Labute approximate surface area is 406 Å². The van der Waals surface area contributed by atoms with Crippen molar-refractivity contribution in [3.8, 4) is 0 Å². The highest BCUT2D eigenvalue weighted by atomic mass is 16.7. The molecule has 9 N–H and O–H groups in total. The lowest BCUT2D eigenvalue weighted by Crippen LogP contribution is -2.65. The van der Waals surface area contributed by atoms with Gasteiger partial charge in [0.25, 0.3) is 0 Å². The molecule has 2 fully saturated rings. The van der Waals surface area contributed by atoms with Crippen LogP contribution in [0.4, 0.5) is 0 Å². The fourth-order valence-electron chi connectivity index (χ4n) is 9.23. The van der Waals surface area contributed by atoms with Crippen molar-refractivity contribution >= 4 is 5.91 Å². The van der Waals surface area contributed by atoms with Gasteiger partial charge in [0.2, 0.25) is 5.91 Å². The SMILES string of the molecule is CCCCCCCCCCCCC/C=C/C(O)C(COC1OC(CO)C(OC2OC(CO)C(O)C(O)C2O)C(O)C1O)NC(=O)CCCCCCCCCCCCCCCCCCCCCC. The number of carbonyl (C=O) groups excluding carboxylic acids is 1. The van der Waals surface area contributed by atoms with Crippen molar-refractivity contribution in [3.63, 3.8) is 0 Å². The Balaban J connectivity index is 1.79. The molecule has 67 heavy (non-hydrogen) atoms. The monoisotopic (exact) mass is 960 g/mol. The van der Waals surface area contributed by atoms with Gasteiger partial charge in [-0.15, -0.1) is 0 Å². The highest BCUT2D eigenvalue weighted by Crippen LogP contribution is 2.30. The van der Waals surface area contributed by atoms with Crippen molar-refractivity contribution < 1.29 is 64.6 Å². The molecule has 2 heterocycles. The number of hydrogen-bond donors (Lipinski definition) is 9. The zero-order valence-electron chi connectivity index (χ0n) is 42.2. The largest absolute Gasteiger partial charge is 0.394 e. The summed E-state index contributed by atoms with van der Waals surface area (Å²) >= 11 is 0. The minimum absolute atomic E-state index is 0.236. The third kappa shape index (κ3) is 27.2. The average molecular weight is 960 g/mol. The highest BCUT2D eigenvalue weighted by Gasteiger charge is 2.51. The van der Waals surface area contributed by atoms with Gasteiger partial charge in [-0.2, -0.15) is 0 Å². The van der Waals surface area contributed by atoms with Gasteiger partial charge in [0.15, 0.2) is 12.6 Å². The van der Waals surface area contributed by atoms with Crippen LogP contribution < -0.4 is 5.32 Å². The van der Waals surface area contributed by atoms with Gasteiger partial charge >= 0.3 is 0 Å². The fraction of sp³-hybridized carbons (Fsp3) is 0.943. The van der Waals surface area contributed by atoms with Gasteiger partial charge in [-0.05, 0) is 19.3 Å². The lowest BCUT2D eigenvalue weighted by atomic mass is 9.97. The van der Waals surface area contributed by atoms with Crippen LogP contribution in [-0.2, 0) is 23.7 Å². The number of carbonyl (C=O) groups is 1. The van der Waals surface area contributed by atoms with Crippen LogP contribution in [0.5, 0.6) is 0 Å². The molecule has 0 radical (unpaired) electrons. The minimum atomic E-state index is -1.78. The number of aliphatic hydroxyl groups is 8. The molecule has 0 spiro atoms. The van der Waals surface area contributed by atoms with E-state index in [1.165, 1.54) is 161 Å². The number of amides is 1. The third-order valence-corrected chi connectivity index (χ3v) is 13.7. The normalized spacial score (nSPS) is 26.6. The molecule has 1 amide bonds. The molecule has 2 rings (SSSR count). The molecular weight excluding hydrogens is 859 g/mol. The Morgan fingerprint density at radius 3 is 1.37 bits per heavy atom. The van der Waals surface area contributed by atoms with Crippen LogP contribution in [0.1, 0.15) is 226 Å². The predicted octanol–water partition coefficient (Wildman–Crippen LogP) is 7.94. The highest BCUT2D eigenvalue weighted by molar-refractivity contribution is 5.76. The Hall–Kier alpha value is -1.27. The van der Waals surface area contributed by atoms with E-state index in [0.717, 1.165) is 38.5 Å². The van der Waals surface area contributed by atoms with Gasteiger partial charge in [0.05, 0.1) is 32.0 Å². The molecule has 0 saturated carbocycles. The molecule has 396 valence electrons. The predicted molar refractivity (Wildman–Crippen MR) is 263 cm³/mol. The van der Waals surface area contributed by atoms with Crippen molar-refractivity contribution in [1.29, 1.82) is 0 Å². The first-order chi connectivity index (χ1) is 32.6. The zero-order chi connectivity index (χ0) is 48.9. The van der Waals surface area contributed by atoms with Crippen molar-refractivity contribution in [2.45, 2.75) is 299 Å². The summed E-state index contributed by atoms with van der Waals surface area (Å²) in [5.41, 5.74) is 0. The van der Waals surface area contributed by atoms with Crippen molar-refractivity contribution in [3.05, 3.63) is 12.2 Å². The quantitative estimate of drug-likeness (QED) is 0.0209.